The van der Waals surface area contributed by atoms with Gasteiger partial charge in [-0.05, 0) is 12.1 Å². The van der Waals surface area contributed by atoms with Gasteiger partial charge in [-0.1, -0.05) is 12.1 Å². The first-order valence-electron chi connectivity index (χ1n) is 6.10. The maximum absolute atomic E-state index is 11.3. The first-order chi connectivity index (χ1) is 10.5. The second kappa shape index (κ2) is 6.37. The van der Waals surface area contributed by atoms with Crippen molar-refractivity contribution in [3.8, 4) is 17.4 Å². The number of nitriles is 1. The molecule has 0 amide bonds. The zero-order valence-corrected chi connectivity index (χ0v) is 11.5. The minimum Gasteiger partial charge on any atom is -0.465 e. The lowest BCUT2D eigenvalue weighted by Crippen LogP contribution is -2.02. The third-order valence-electron chi connectivity index (χ3n) is 2.78. The zero-order valence-electron chi connectivity index (χ0n) is 11.5. The van der Waals surface area contributed by atoms with E-state index in [1.165, 1.54) is 25.3 Å². The van der Waals surface area contributed by atoms with Crippen LogP contribution in [0, 0.1) is 21.4 Å². The van der Waals surface area contributed by atoms with Gasteiger partial charge < -0.3 is 9.15 Å². The third kappa shape index (κ3) is 3.19. The van der Waals surface area contributed by atoms with Gasteiger partial charge in [0.15, 0.2) is 0 Å². The molecule has 0 radical (unpaired) electrons. The van der Waals surface area contributed by atoms with Crippen molar-refractivity contribution in [1.29, 1.82) is 5.26 Å². The minimum absolute atomic E-state index is 0.0572. The summed E-state index contributed by atoms with van der Waals surface area (Å²) < 4.78 is 9.94. The third-order valence-corrected chi connectivity index (χ3v) is 2.78. The van der Waals surface area contributed by atoms with Gasteiger partial charge in [0.2, 0.25) is 0 Å². The highest BCUT2D eigenvalue weighted by Gasteiger charge is 2.12. The molecule has 0 unspecified atom stereocenters. The average Bonchev–Trinajstić information content (AvgIpc) is 3.00. The van der Waals surface area contributed by atoms with Crippen molar-refractivity contribution in [3.63, 3.8) is 0 Å². The second-order valence-corrected chi connectivity index (χ2v) is 4.17. The molecule has 22 heavy (non-hydrogen) atoms. The number of methoxy groups -OCH3 is 1. The predicted octanol–water partition coefficient (Wildman–Crippen LogP) is 2.93. The maximum Gasteiger partial charge on any atom is 0.348 e. The van der Waals surface area contributed by atoms with Crippen LogP contribution in [-0.2, 0) is 9.53 Å². The fraction of sp³-hybridized carbons (Fsp3) is 0.0667. The molecule has 0 aliphatic carbocycles. The van der Waals surface area contributed by atoms with Gasteiger partial charge in [0.1, 0.15) is 23.2 Å². The van der Waals surface area contributed by atoms with Gasteiger partial charge in [-0.3, -0.25) is 10.1 Å². The van der Waals surface area contributed by atoms with Gasteiger partial charge in [-0.15, -0.1) is 0 Å². The summed E-state index contributed by atoms with van der Waals surface area (Å²) in [6.07, 6.45) is 1.24. The van der Waals surface area contributed by atoms with Crippen LogP contribution < -0.4 is 0 Å². The van der Waals surface area contributed by atoms with E-state index in [1.54, 1.807) is 30.3 Å². The van der Waals surface area contributed by atoms with E-state index in [0.717, 1.165) is 0 Å². The Morgan fingerprint density at radius 1 is 1.41 bits per heavy atom. The molecule has 1 aromatic heterocycles. The van der Waals surface area contributed by atoms with E-state index in [1.807, 2.05) is 0 Å². The number of benzene rings is 1. The van der Waals surface area contributed by atoms with Gasteiger partial charge in [0.25, 0.3) is 5.69 Å². The topological polar surface area (TPSA) is 106 Å². The summed E-state index contributed by atoms with van der Waals surface area (Å²) in [6.45, 7) is 0. The van der Waals surface area contributed by atoms with E-state index < -0.39 is 10.9 Å². The van der Waals surface area contributed by atoms with Gasteiger partial charge in [0, 0.05) is 23.8 Å². The Bertz CT molecular complexity index is 798. The molecule has 110 valence electrons. The highest BCUT2D eigenvalue weighted by atomic mass is 16.6. The predicted molar refractivity (Wildman–Crippen MR) is 76.4 cm³/mol. The number of rotatable bonds is 4. The van der Waals surface area contributed by atoms with Crippen LogP contribution in [0.5, 0.6) is 0 Å². The first-order valence-corrected chi connectivity index (χ1v) is 6.10. The standard InChI is InChI=1S/C15H10N2O5/c1-21-15(18)11(9-16)8-13-5-6-14(22-13)10-3-2-4-12(7-10)17(19)20/h2-8H,1H3/b11-8+. The van der Waals surface area contributed by atoms with Crippen molar-refractivity contribution >= 4 is 17.7 Å². The second-order valence-electron chi connectivity index (χ2n) is 4.17. The Balaban J connectivity index is 2.34. The number of non-ortho nitro benzene ring substituents is 1. The summed E-state index contributed by atoms with van der Waals surface area (Å²) in [6, 6.07) is 10.8. The molecule has 0 aliphatic rings. The van der Waals surface area contributed by atoms with Crippen molar-refractivity contribution in [3.05, 3.63) is 57.8 Å². The number of hydrogen-bond donors (Lipinski definition) is 0. The Morgan fingerprint density at radius 3 is 2.82 bits per heavy atom. The average molecular weight is 298 g/mol. The first kappa shape index (κ1) is 15.0. The molecule has 0 bridgehead atoms. The summed E-state index contributed by atoms with van der Waals surface area (Å²) in [5.41, 5.74) is 0.256. The van der Waals surface area contributed by atoms with E-state index in [0.29, 0.717) is 11.3 Å². The quantitative estimate of drug-likeness (QED) is 0.282. The lowest BCUT2D eigenvalue weighted by Gasteiger charge is -1.97. The summed E-state index contributed by atoms with van der Waals surface area (Å²) in [5, 5.41) is 19.6. The molecule has 0 N–H and O–H groups in total. The van der Waals surface area contributed by atoms with Crippen molar-refractivity contribution in [2.24, 2.45) is 0 Å². The lowest BCUT2D eigenvalue weighted by atomic mass is 10.1. The van der Waals surface area contributed by atoms with Crippen LogP contribution >= 0.6 is 0 Å². The van der Waals surface area contributed by atoms with Gasteiger partial charge in [-0.25, -0.2) is 4.79 Å². The lowest BCUT2D eigenvalue weighted by molar-refractivity contribution is -0.384. The smallest absolute Gasteiger partial charge is 0.348 e. The number of esters is 1. The summed E-state index contributed by atoms with van der Waals surface area (Å²) >= 11 is 0. The number of hydrogen-bond acceptors (Lipinski definition) is 6. The van der Waals surface area contributed by atoms with Crippen molar-refractivity contribution in [1.82, 2.24) is 0 Å². The van der Waals surface area contributed by atoms with Crippen LogP contribution in [0.15, 0.2) is 46.4 Å². The molecule has 1 heterocycles. The fourth-order valence-corrected chi connectivity index (χ4v) is 1.75. The van der Waals surface area contributed by atoms with E-state index in [9.17, 15) is 14.9 Å². The Labute approximate surface area is 125 Å². The van der Waals surface area contributed by atoms with Gasteiger partial charge in [-0.2, -0.15) is 5.26 Å². The fourth-order valence-electron chi connectivity index (χ4n) is 1.75. The molecule has 0 spiro atoms. The van der Waals surface area contributed by atoms with E-state index in [4.69, 9.17) is 9.68 Å². The Morgan fingerprint density at radius 2 is 2.18 bits per heavy atom. The molecule has 2 rings (SSSR count). The number of furan rings is 1. The number of nitro groups is 1. The monoisotopic (exact) mass is 298 g/mol. The van der Waals surface area contributed by atoms with E-state index >= 15 is 0 Å². The van der Waals surface area contributed by atoms with E-state index in [2.05, 4.69) is 4.74 Å². The van der Waals surface area contributed by atoms with Crippen molar-refractivity contribution in [2.45, 2.75) is 0 Å². The normalized spacial score (nSPS) is 10.8. The van der Waals surface area contributed by atoms with Crippen molar-refractivity contribution in [2.75, 3.05) is 7.11 Å². The molecule has 7 heteroatoms. The molecule has 0 fully saturated rings. The zero-order chi connectivity index (χ0) is 16.1. The highest BCUT2D eigenvalue weighted by molar-refractivity contribution is 5.97. The van der Waals surface area contributed by atoms with Gasteiger partial charge >= 0.3 is 5.97 Å². The summed E-state index contributed by atoms with van der Waals surface area (Å²) in [4.78, 5) is 21.6. The molecular formula is C15H10N2O5. The Kier molecular flexibility index (Phi) is 4.34. The molecule has 2 aromatic rings. The van der Waals surface area contributed by atoms with Crippen LogP contribution in [0.3, 0.4) is 0 Å². The number of nitrogens with zero attached hydrogens (tertiary/aromatic N) is 2. The number of ether oxygens (including phenoxy) is 1. The van der Waals surface area contributed by atoms with Gasteiger partial charge in [0.05, 0.1) is 12.0 Å². The van der Waals surface area contributed by atoms with E-state index in [-0.39, 0.29) is 17.0 Å². The number of carbonyl (C=O) groups is 1. The molecule has 0 saturated heterocycles. The highest BCUT2D eigenvalue weighted by Crippen LogP contribution is 2.26. The summed E-state index contributed by atoms with van der Waals surface area (Å²) in [5.74, 6) is -0.114. The van der Waals surface area contributed by atoms with Crippen LogP contribution in [-0.4, -0.2) is 18.0 Å². The van der Waals surface area contributed by atoms with Crippen LogP contribution in [0.4, 0.5) is 5.69 Å². The molecule has 0 aliphatic heterocycles. The molecule has 1 aromatic carbocycles. The largest absolute Gasteiger partial charge is 0.465 e. The van der Waals surface area contributed by atoms with Crippen LogP contribution in [0.1, 0.15) is 5.76 Å². The Hall–Kier alpha value is -3.40. The maximum atomic E-state index is 11.3. The molecule has 0 atom stereocenters. The van der Waals surface area contributed by atoms with Crippen LogP contribution in [0.25, 0.3) is 17.4 Å². The van der Waals surface area contributed by atoms with Crippen molar-refractivity contribution < 1.29 is 18.9 Å². The van der Waals surface area contributed by atoms with Crippen LogP contribution in [0.2, 0.25) is 0 Å². The summed E-state index contributed by atoms with van der Waals surface area (Å²) in [7, 11) is 1.17. The number of nitro benzene ring substituents is 1. The SMILES string of the molecule is COC(=O)/C(C#N)=C/c1ccc(-c2cccc([N+](=O)[O-])c2)o1. The minimum atomic E-state index is -0.768. The molecule has 7 nitrogen and oxygen atoms in total. The molecular weight excluding hydrogens is 288 g/mol. The molecule has 0 saturated carbocycles. The number of carbonyl (C=O) groups excluding carboxylic acids is 1.